The van der Waals surface area contributed by atoms with Crippen LogP contribution in [0.1, 0.15) is 10.4 Å². The third-order valence-electron chi connectivity index (χ3n) is 5.18. The van der Waals surface area contributed by atoms with Gasteiger partial charge in [0, 0.05) is 48.0 Å². The maximum atomic E-state index is 12.8. The van der Waals surface area contributed by atoms with E-state index in [-0.39, 0.29) is 18.4 Å². The number of nitrogens with one attached hydrogen (secondary N) is 1. The molecule has 0 radical (unpaired) electrons. The SMILES string of the molecule is O=C(NCC(=O)N1CCN(c2cccc(Cl)c2)CC1)c1cccnc1Sc1ccccc1. The summed E-state index contributed by atoms with van der Waals surface area (Å²) in [5, 5.41) is 4.07. The van der Waals surface area contributed by atoms with E-state index in [9.17, 15) is 9.59 Å². The Morgan fingerprint density at radius 1 is 0.969 bits per heavy atom. The van der Waals surface area contributed by atoms with Gasteiger partial charge in [-0.1, -0.05) is 47.6 Å². The fraction of sp³-hybridized carbons (Fsp3) is 0.208. The number of hydrogen-bond acceptors (Lipinski definition) is 5. The fourth-order valence-electron chi connectivity index (χ4n) is 3.49. The molecule has 4 rings (SSSR count). The molecule has 1 aromatic heterocycles. The highest BCUT2D eigenvalue weighted by atomic mass is 35.5. The number of hydrogen-bond donors (Lipinski definition) is 1. The van der Waals surface area contributed by atoms with Crippen LogP contribution in [-0.2, 0) is 4.79 Å². The van der Waals surface area contributed by atoms with Gasteiger partial charge < -0.3 is 15.1 Å². The molecule has 2 aromatic carbocycles. The van der Waals surface area contributed by atoms with Crippen LogP contribution in [-0.4, -0.2) is 54.4 Å². The van der Waals surface area contributed by atoms with Crippen LogP contribution in [0.25, 0.3) is 0 Å². The summed E-state index contributed by atoms with van der Waals surface area (Å²) in [5.41, 5.74) is 1.51. The number of benzene rings is 2. The number of anilines is 1. The van der Waals surface area contributed by atoms with Crippen molar-refractivity contribution in [2.45, 2.75) is 9.92 Å². The van der Waals surface area contributed by atoms with Gasteiger partial charge in [-0.25, -0.2) is 4.98 Å². The van der Waals surface area contributed by atoms with E-state index in [1.54, 1.807) is 23.2 Å². The zero-order valence-electron chi connectivity index (χ0n) is 17.4. The van der Waals surface area contributed by atoms with Crippen LogP contribution in [0.3, 0.4) is 0 Å². The molecule has 0 saturated carbocycles. The maximum absolute atomic E-state index is 12.8. The van der Waals surface area contributed by atoms with Crippen LogP contribution >= 0.6 is 23.4 Å². The highest BCUT2D eigenvalue weighted by Gasteiger charge is 2.22. The van der Waals surface area contributed by atoms with Gasteiger partial charge in [-0.2, -0.15) is 0 Å². The average Bonchev–Trinajstić information content (AvgIpc) is 2.83. The first-order valence-corrected chi connectivity index (χ1v) is 11.5. The van der Waals surface area contributed by atoms with E-state index in [0.717, 1.165) is 23.7 Å². The van der Waals surface area contributed by atoms with E-state index in [4.69, 9.17) is 11.6 Å². The van der Waals surface area contributed by atoms with Gasteiger partial charge in [0.2, 0.25) is 5.91 Å². The predicted molar refractivity (Wildman–Crippen MR) is 127 cm³/mol. The third-order valence-corrected chi connectivity index (χ3v) is 6.44. The Labute approximate surface area is 196 Å². The molecule has 1 N–H and O–H groups in total. The summed E-state index contributed by atoms with van der Waals surface area (Å²) in [6.07, 6.45) is 1.66. The topological polar surface area (TPSA) is 65.5 Å². The summed E-state index contributed by atoms with van der Waals surface area (Å²) in [7, 11) is 0. The molecular weight excluding hydrogens is 444 g/mol. The molecule has 3 aromatic rings. The van der Waals surface area contributed by atoms with E-state index in [1.165, 1.54) is 11.8 Å². The molecule has 1 fully saturated rings. The summed E-state index contributed by atoms with van der Waals surface area (Å²) in [4.78, 5) is 34.7. The van der Waals surface area contributed by atoms with Crippen molar-refractivity contribution >= 4 is 40.9 Å². The van der Waals surface area contributed by atoms with Gasteiger partial charge in [0.25, 0.3) is 5.91 Å². The van der Waals surface area contributed by atoms with Crippen molar-refractivity contribution in [3.63, 3.8) is 0 Å². The highest BCUT2D eigenvalue weighted by molar-refractivity contribution is 7.99. The van der Waals surface area contributed by atoms with Crippen molar-refractivity contribution in [2.75, 3.05) is 37.6 Å². The molecule has 32 heavy (non-hydrogen) atoms. The number of aromatic nitrogens is 1. The summed E-state index contributed by atoms with van der Waals surface area (Å²) >= 11 is 7.51. The Hall–Kier alpha value is -3.03. The fourth-order valence-corrected chi connectivity index (χ4v) is 4.58. The lowest BCUT2D eigenvalue weighted by molar-refractivity contribution is -0.130. The first kappa shape index (κ1) is 22.2. The largest absolute Gasteiger partial charge is 0.368 e. The Balaban J connectivity index is 1.31. The van der Waals surface area contributed by atoms with Gasteiger partial charge in [0.1, 0.15) is 5.03 Å². The molecule has 2 amide bonds. The van der Waals surface area contributed by atoms with Crippen LogP contribution in [0.2, 0.25) is 5.02 Å². The second kappa shape index (κ2) is 10.5. The zero-order chi connectivity index (χ0) is 22.3. The number of halogens is 1. The van der Waals surface area contributed by atoms with Crippen LogP contribution in [0, 0.1) is 0 Å². The molecule has 0 unspecified atom stereocenters. The minimum Gasteiger partial charge on any atom is -0.368 e. The lowest BCUT2D eigenvalue weighted by Crippen LogP contribution is -2.51. The van der Waals surface area contributed by atoms with E-state index in [0.29, 0.717) is 28.7 Å². The molecule has 1 aliphatic rings. The van der Waals surface area contributed by atoms with Gasteiger partial charge in [0.15, 0.2) is 0 Å². The first-order chi connectivity index (χ1) is 15.6. The Morgan fingerprint density at radius 2 is 1.75 bits per heavy atom. The molecule has 0 aliphatic carbocycles. The van der Waals surface area contributed by atoms with E-state index >= 15 is 0 Å². The Morgan fingerprint density at radius 3 is 2.50 bits per heavy atom. The van der Waals surface area contributed by atoms with Crippen molar-refractivity contribution in [1.82, 2.24) is 15.2 Å². The predicted octanol–water partition coefficient (Wildman–Crippen LogP) is 3.96. The molecule has 0 bridgehead atoms. The third kappa shape index (κ3) is 5.60. The van der Waals surface area contributed by atoms with Gasteiger partial charge in [0.05, 0.1) is 12.1 Å². The molecular formula is C24H23ClN4O2S. The quantitative estimate of drug-likeness (QED) is 0.595. The number of rotatable bonds is 6. The number of nitrogens with zero attached hydrogens (tertiary/aromatic N) is 3. The zero-order valence-corrected chi connectivity index (χ0v) is 19.0. The average molecular weight is 467 g/mol. The lowest BCUT2D eigenvalue weighted by atomic mass is 10.2. The van der Waals surface area contributed by atoms with Crippen molar-refractivity contribution in [1.29, 1.82) is 0 Å². The van der Waals surface area contributed by atoms with E-state index in [2.05, 4.69) is 15.2 Å². The summed E-state index contributed by atoms with van der Waals surface area (Å²) in [6.45, 7) is 2.60. The van der Waals surface area contributed by atoms with Crippen molar-refractivity contribution < 1.29 is 9.59 Å². The highest BCUT2D eigenvalue weighted by Crippen LogP contribution is 2.28. The molecule has 2 heterocycles. The lowest BCUT2D eigenvalue weighted by Gasteiger charge is -2.36. The summed E-state index contributed by atoms with van der Waals surface area (Å²) in [6, 6.07) is 20.9. The summed E-state index contributed by atoms with van der Waals surface area (Å²) in [5.74, 6) is -0.396. The Bertz CT molecular complexity index is 1090. The van der Waals surface area contributed by atoms with Crippen LogP contribution < -0.4 is 10.2 Å². The first-order valence-electron chi connectivity index (χ1n) is 10.3. The number of carbonyl (C=O) groups is 2. The molecule has 1 aliphatic heterocycles. The van der Waals surface area contributed by atoms with Gasteiger partial charge >= 0.3 is 0 Å². The molecule has 164 valence electrons. The molecule has 0 spiro atoms. The van der Waals surface area contributed by atoms with Crippen LogP contribution in [0.4, 0.5) is 5.69 Å². The number of carbonyl (C=O) groups excluding carboxylic acids is 2. The second-order valence-electron chi connectivity index (χ2n) is 7.30. The summed E-state index contributed by atoms with van der Waals surface area (Å²) < 4.78 is 0. The normalized spacial score (nSPS) is 13.7. The smallest absolute Gasteiger partial charge is 0.254 e. The molecule has 8 heteroatoms. The standard InChI is InChI=1S/C24H23ClN4O2S/c25-18-6-4-7-19(16-18)28-12-14-29(15-13-28)22(30)17-27-23(31)21-10-5-11-26-24(21)32-20-8-2-1-3-9-20/h1-11,16H,12-15,17H2,(H,27,31). The number of piperazine rings is 1. The number of pyridine rings is 1. The van der Waals surface area contributed by atoms with E-state index < -0.39 is 0 Å². The van der Waals surface area contributed by atoms with Gasteiger partial charge in [-0.15, -0.1) is 0 Å². The van der Waals surface area contributed by atoms with Crippen LogP contribution in [0.5, 0.6) is 0 Å². The maximum Gasteiger partial charge on any atom is 0.254 e. The van der Waals surface area contributed by atoms with E-state index in [1.807, 2.05) is 54.6 Å². The van der Waals surface area contributed by atoms with Gasteiger partial charge in [-0.05, 0) is 42.5 Å². The monoisotopic (exact) mass is 466 g/mol. The molecule has 6 nitrogen and oxygen atoms in total. The van der Waals surface area contributed by atoms with Gasteiger partial charge in [-0.3, -0.25) is 9.59 Å². The Kier molecular flexibility index (Phi) is 7.29. The minimum absolute atomic E-state index is 0.0413. The number of amides is 2. The van der Waals surface area contributed by atoms with Crippen molar-refractivity contribution in [3.05, 3.63) is 83.5 Å². The second-order valence-corrected chi connectivity index (χ2v) is 8.80. The van der Waals surface area contributed by atoms with Crippen molar-refractivity contribution in [3.8, 4) is 0 Å². The minimum atomic E-state index is -0.303. The van der Waals surface area contributed by atoms with Crippen LogP contribution in [0.15, 0.2) is 82.8 Å². The van der Waals surface area contributed by atoms with Crippen molar-refractivity contribution in [2.24, 2.45) is 0 Å². The molecule has 0 atom stereocenters. The molecule has 1 saturated heterocycles.